The van der Waals surface area contributed by atoms with Gasteiger partial charge in [0.05, 0.1) is 31.8 Å². The molecule has 42 heteroatoms. The zero-order valence-corrected chi connectivity index (χ0v) is 72.4. The van der Waals surface area contributed by atoms with Gasteiger partial charge in [-0.1, -0.05) is 157 Å². The van der Waals surface area contributed by atoms with E-state index in [9.17, 15) is 62.3 Å². The molecule has 7 fully saturated rings. The van der Waals surface area contributed by atoms with Crippen molar-refractivity contribution < 1.29 is 139 Å². The number of nitrogens with two attached hydrogens (primary N) is 6. The lowest BCUT2D eigenvalue weighted by Crippen LogP contribution is -2.44. The van der Waals surface area contributed by atoms with Crippen LogP contribution in [0.15, 0.2) is 91.0 Å². The minimum absolute atomic E-state index is 0.00121. The Morgan fingerprint density at radius 1 is 0.512 bits per heavy atom. The van der Waals surface area contributed by atoms with Crippen molar-refractivity contribution in [2.24, 2.45) is 46.2 Å². The molecule has 34 N–H and O–H groups in total. The van der Waals surface area contributed by atoms with Crippen molar-refractivity contribution in [2.45, 2.75) is 265 Å². The summed E-state index contributed by atoms with van der Waals surface area (Å²) in [6.45, 7) is 12.9. The van der Waals surface area contributed by atoms with Crippen LogP contribution in [0, 0.1) is 11.8 Å². The van der Waals surface area contributed by atoms with Crippen molar-refractivity contribution in [1.82, 2.24) is 42.5 Å². The van der Waals surface area contributed by atoms with Gasteiger partial charge in [-0.25, -0.2) is 0 Å². The molecule has 6 aliphatic heterocycles. The number of fused-ring (bicyclic) bond motifs is 1. The Bertz CT molecular complexity index is 3530. The molecule has 1 amide bonds. The molecule has 0 bridgehead atoms. The van der Waals surface area contributed by atoms with Crippen LogP contribution < -0.4 is 76.9 Å². The second kappa shape index (κ2) is 66.6. The summed E-state index contributed by atoms with van der Waals surface area (Å²) in [5.74, 6) is -10.0. The summed E-state index contributed by atoms with van der Waals surface area (Å²) in [5.41, 5.74) is 33.4. The third-order valence-electron chi connectivity index (χ3n) is 20.1. The van der Waals surface area contributed by atoms with Crippen LogP contribution in [-0.2, 0) is 80.1 Å². The van der Waals surface area contributed by atoms with Crippen molar-refractivity contribution >= 4 is 77.5 Å². The van der Waals surface area contributed by atoms with Gasteiger partial charge in [-0.3, -0.25) is 62.3 Å². The number of hydrogen-bond acceptors (Lipinski definition) is 29. The molecule has 0 unspecified atom stereocenters. The van der Waals surface area contributed by atoms with Crippen LogP contribution in [-0.4, -0.2) is 299 Å². The van der Waals surface area contributed by atoms with Gasteiger partial charge in [-0.15, -0.1) is 0 Å². The Kier molecular flexibility index (Phi) is 62.4. The van der Waals surface area contributed by atoms with Gasteiger partial charge in [0.15, 0.2) is 0 Å². The van der Waals surface area contributed by atoms with Crippen LogP contribution in [0.3, 0.4) is 0 Å². The van der Waals surface area contributed by atoms with E-state index >= 15 is 0 Å². The van der Waals surface area contributed by atoms with Crippen molar-refractivity contribution in [1.29, 1.82) is 0 Å². The molecule has 10 rings (SSSR count). The van der Waals surface area contributed by atoms with E-state index in [-0.39, 0.29) is 43.2 Å². The number of aliphatic carboxylic acids is 12. The van der Waals surface area contributed by atoms with Crippen molar-refractivity contribution in [3.8, 4) is 0 Å². The molecule has 3 aromatic carbocycles. The fourth-order valence-corrected chi connectivity index (χ4v) is 12.5. The first kappa shape index (κ1) is 117. The maximum atomic E-state index is 10.7. The molecule has 0 radical (unpaired) electrons. The Labute approximate surface area is 728 Å². The topological polar surface area (TPSA) is 767 Å². The first-order valence-corrected chi connectivity index (χ1v) is 41.4. The van der Waals surface area contributed by atoms with Crippen LogP contribution >= 0.6 is 0 Å². The predicted molar refractivity (Wildman–Crippen MR) is 461 cm³/mol. The molecule has 42 nitrogen and oxygen atoms in total. The number of hydrogen-bond donors (Lipinski definition) is 28. The lowest BCUT2D eigenvalue weighted by molar-refractivity contribution is -0.144. The third-order valence-corrected chi connectivity index (χ3v) is 20.1. The Hall–Kier alpha value is -9.87. The molecular formula is C83H140N14O28. The SMILES string of the molecule is CCCC[C@@H](N)C(=O)O.CCCC[C@H](N)C(=O)O.CN[C@@H](CO)C(=O)O.CN[C@H](C(=O)O)C(C)C.C[C@@]1(C(=O)O)CCCN1.NC(=O)C[C@@H](N)C(=O)O.N[C@H](Cc1ccccc1)C(=O)O.N[C@H]1CN[C@H](C(=O)O)C1.O=C(O)[C@@H]1C[C@@H](O)CN1.O=C(O)[C@@H]1C[C@@H](OCc2ccccc2)CN1.O=C(O)[C@@H]1C[C@@H](c2ccccc2)CN1.O=C(O)[C@@H]1C[C@H]2CCCC[C@@H]2N1. The lowest BCUT2D eigenvalue weighted by Gasteiger charge is -2.24. The number of aliphatic hydroxyl groups excluding tert-OH is 2. The molecule has 710 valence electrons. The van der Waals surface area contributed by atoms with E-state index in [4.69, 9.17) is 105 Å². The van der Waals surface area contributed by atoms with E-state index < -0.39 is 144 Å². The molecular weight excluding hydrogens is 1640 g/mol. The van der Waals surface area contributed by atoms with Gasteiger partial charge in [0, 0.05) is 51.1 Å². The summed E-state index contributed by atoms with van der Waals surface area (Å²) in [6.07, 6.45) is 14.2. The van der Waals surface area contributed by atoms with Crippen molar-refractivity contribution in [2.75, 3.05) is 53.4 Å². The van der Waals surface area contributed by atoms with Crippen LogP contribution in [0.25, 0.3) is 0 Å². The fraction of sp³-hybridized carbons (Fsp3) is 0.627. The number of carbonyl (C=O) groups is 13. The molecule has 1 aliphatic carbocycles. The van der Waals surface area contributed by atoms with Gasteiger partial charge < -0.3 is 153 Å². The Balaban J connectivity index is 0. The van der Waals surface area contributed by atoms with E-state index in [1.54, 1.807) is 14.0 Å². The number of aliphatic hydroxyl groups is 2. The first-order chi connectivity index (χ1) is 58.7. The second-order valence-corrected chi connectivity index (χ2v) is 30.8. The summed E-state index contributed by atoms with van der Waals surface area (Å²) >= 11 is 0. The predicted octanol–water partition coefficient (Wildman–Crippen LogP) is 0.0518. The highest BCUT2D eigenvalue weighted by molar-refractivity contribution is 5.83. The standard InChI is InChI=1S/C12H15NO3.C11H13NO2.C9H15NO2.C9H11NO2.C6H11NO2.3C6H13NO2.C5H10N2O2.C5H9NO3.C4H8N2O3.C4H9NO3/c14-12(15)11-6-10(7-13-11)16-8-9-4-2-1-3-5-9;13-11(14)10-6-9(7-12-10)8-4-2-1-3-5-8;11-9(12)8-5-6-3-1-2-4-7(6)10-8;10-8(9(11)12)6-7-4-2-1-3-5-7;1-6(5(8)9)3-2-4-7-6;1-4(2)5(7-3)6(8)9;2*1-2-3-4-5(7)6(8)9;6-3-1-4(5(8)9)7-2-3;7-3-1-4(5(8)9)6-2-3;5-2(4(8)9)1-3(6)7;1-5-3(2-6)4(7)8/h1-5,10-11,13H,6-8H2,(H,14,15);1-5,9-10,12H,6-7H2,(H,13,14);6-8,10H,1-5H2,(H,11,12);1-5,8H,6,10H2,(H,11,12);7H,2-4H2,1H3,(H,8,9);4-5,7H,1-3H3,(H,8,9);2*5H,2-4,7H2,1H3,(H,8,9);3-4,7H,1-2,6H2,(H,8,9);3-4,6-7H,1-2H2,(H,8,9);2H,1,5H2,(H2,6,7)(H,8,9);3,5-6H,2H2,1H3,(H,7,8)/t10-,11+;9-,10+;6-,7+,8+;8-;6-;3*5-;2*3-,4+;2-;3-/m111100101110/s1. The molecule has 6 saturated heterocycles. The average Bonchev–Trinajstić information content (AvgIpc) is 1.70. The molecule has 3 aromatic rings. The molecule has 125 heavy (non-hydrogen) atoms. The number of carbonyl (C=O) groups excluding carboxylic acids is 1. The van der Waals surface area contributed by atoms with Gasteiger partial charge in [0.2, 0.25) is 5.91 Å². The van der Waals surface area contributed by atoms with Crippen LogP contribution in [0.2, 0.25) is 0 Å². The van der Waals surface area contributed by atoms with Crippen molar-refractivity contribution in [3.05, 3.63) is 108 Å². The number of likely N-dealkylation sites (N-methyl/N-ethyl adjacent to an activating group) is 2. The maximum Gasteiger partial charge on any atom is 0.323 e. The zero-order chi connectivity index (χ0) is 95.5. The first-order valence-electron chi connectivity index (χ1n) is 41.4. The Morgan fingerprint density at radius 2 is 0.960 bits per heavy atom. The largest absolute Gasteiger partial charge is 0.480 e. The number of carboxylic acid groups (broad SMARTS) is 12. The normalized spacial score (nSPS) is 23.3. The Morgan fingerprint density at radius 3 is 1.27 bits per heavy atom. The molecule has 7 aliphatic rings. The summed E-state index contributed by atoms with van der Waals surface area (Å²) in [7, 11) is 3.13. The number of amides is 1. The van der Waals surface area contributed by atoms with E-state index in [0.29, 0.717) is 89.1 Å². The minimum atomic E-state index is -1.21. The smallest absolute Gasteiger partial charge is 0.323 e. The van der Waals surface area contributed by atoms with Gasteiger partial charge in [-0.05, 0) is 126 Å². The summed E-state index contributed by atoms with van der Waals surface area (Å²) in [6, 6.07) is 23.2. The molecule has 18 atom stereocenters. The number of rotatable bonds is 30. The summed E-state index contributed by atoms with van der Waals surface area (Å²) < 4.78 is 5.64. The monoisotopic (exact) mass is 1780 g/mol. The second-order valence-electron chi connectivity index (χ2n) is 30.8. The van der Waals surface area contributed by atoms with Crippen LogP contribution in [0.4, 0.5) is 0 Å². The van der Waals surface area contributed by atoms with E-state index in [2.05, 4.69) is 60.4 Å². The number of nitrogens with one attached hydrogen (secondary N) is 8. The quantitative estimate of drug-likeness (QED) is 0.0419. The van der Waals surface area contributed by atoms with Gasteiger partial charge in [0.1, 0.15) is 72.0 Å². The fourth-order valence-electron chi connectivity index (χ4n) is 12.5. The van der Waals surface area contributed by atoms with E-state index in [0.717, 1.165) is 69.2 Å². The number of unbranched alkanes of at least 4 members (excludes halogenated alkanes) is 2. The number of benzene rings is 3. The van der Waals surface area contributed by atoms with Crippen LogP contribution in [0.1, 0.15) is 173 Å². The number of carboxylic acids is 12. The highest BCUT2D eigenvalue weighted by Crippen LogP contribution is 2.33. The number of primary amides is 1. The van der Waals surface area contributed by atoms with Gasteiger partial charge in [0.25, 0.3) is 0 Å². The van der Waals surface area contributed by atoms with E-state index in [1.807, 2.05) is 107 Å². The zero-order valence-electron chi connectivity index (χ0n) is 72.4. The molecule has 6 heterocycles. The average molecular weight is 1780 g/mol. The highest BCUT2D eigenvalue weighted by Gasteiger charge is 2.39. The van der Waals surface area contributed by atoms with Gasteiger partial charge >= 0.3 is 71.6 Å². The number of β-amino-alcohol motifs (C(OH)–C–C–N with tert-alkyl or cyclic N) is 1. The van der Waals surface area contributed by atoms with Crippen molar-refractivity contribution in [3.63, 3.8) is 0 Å². The molecule has 0 spiro atoms. The summed E-state index contributed by atoms with van der Waals surface area (Å²) in [5, 5.41) is 141. The third kappa shape index (κ3) is 53.9. The van der Waals surface area contributed by atoms with E-state index in [1.165, 1.54) is 38.3 Å². The number of ether oxygens (including phenoxy) is 1. The summed E-state index contributed by atoms with van der Waals surface area (Å²) in [4.78, 5) is 134. The molecule has 0 aromatic heterocycles. The highest BCUT2D eigenvalue weighted by atomic mass is 16.5. The van der Waals surface area contributed by atoms with Crippen LogP contribution in [0.5, 0.6) is 0 Å². The minimum Gasteiger partial charge on any atom is -0.480 e. The van der Waals surface area contributed by atoms with Gasteiger partial charge in [-0.2, -0.15) is 0 Å². The maximum absolute atomic E-state index is 10.7. The lowest BCUT2D eigenvalue weighted by atomic mass is 9.85. The molecule has 1 saturated carbocycles.